The maximum Gasteiger partial charge on any atom is 0.416 e. The SMILES string of the molecule is OC1CCc2ccc(C(F)(F)F)cc2CC1. The molecular weight excluding hydrogens is 217 g/mol. The van der Waals surface area contributed by atoms with Gasteiger partial charge in [-0.25, -0.2) is 0 Å². The van der Waals surface area contributed by atoms with Gasteiger partial charge in [0.05, 0.1) is 11.7 Å². The molecule has 4 heteroatoms. The summed E-state index contributed by atoms with van der Waals surface area (Å²) in [6.45, 7) is 0. The molecule has 0 aromatic heterocycles. The van der Waals surface area contributed by atoms with Crippen molar-refractivity contribution in [1.82, 2.24) is 0 Å². The van der Waals surface area contributed by atoms with Crippen molar-refractivity contribution in [3.05, 3.63) is 34.9 Å². The maximum absolute atomic E-state index is 12.5. The van der Waals surface area contributed by atoms with E-state index in [9.17, 15) is 18.3 Å². The molecule has 0 saturated carbocycles. The van der Waals surface area contributed by atoms with Crippen LogP contribution >= 0.6 is 0 Å². The van der Waals surface area contributed by atoms with Crippen LogP contribution in [-0.2, 0) is 19.0 Å². The molecule has 1 aliphatic carbocycles. The minimum absolute atomic E-state index is 0.387. The first-order chi connectivity index (χ1) is 7.47. The summed E-state index contributed by atoms with van der Waals surface area (Å²) >= 11 is 0. The Bertz CT molecular complexity index is 384. The number of alkyl halides is 3. The van der Waals surface area contributed by atoms with E-state index in [0.717, 1.165) is 17.2 Å². The van der Waals surface area contributed by atoms with E-state index in [2.05, 4.69) is 0 Å². The van der Waals surface area contributed by atoms with E-state index in [4.69, 9.17) is 0 Å². The zero-order valence-electron chi connectivity index (χ0n) is 8.72. The molecule has 0 heterocycles. The smallest absolute Gasteiger partial charge is 0.393 e. The van der Waals surface area contributed by atoms with Crippen LogP contribution in [0.4, 0.5) is 13.2 Å². The summed E-state index contributed by atoms with van der Waals surface area (Å²) in [4.78, 5) is 0. The van der Waals surface area contributed by atoms with Gasteiger partial charge in [-0.05, 0) is 48.9 Å². The molecule has 2 rings (SSSR count). The molecule has 1 unspecified atom stereocenters. The zero-order valence-corrected chi connectivity index (χ0v) is 8.72. The standard InChI is InChI=1S/C12H13F3O/c13-12(14,15)10-4-1-8-2-5-11(16)6-3-9(8)7-10/h1,4,7,11,16H,2-3,5-6H2. The summed E-state index contributed by atoms with van der Waals surface area (Å²) in [6, 6.07) is 3.88. The average molecular weight is 230 g/mol. The van der Waals surface area contributed by atoms with Crippen molar-refractivity contribution in [2.45, 2.75) is 38.0 Å². The van der Waals surface area contributed by atoms with Crippen LogP contribution in [0.1, 0.15) is 29.5 Å². The molecule has 1 aromatic rings. The molecule has 16 heavy (non-hydrogen) atoms. The molecule has 1 aliphatic rings. The second-order valence-corrected chi connectivity index (χ2v) is 4.21. The first-order valence-corrected chi connectivity index (χ1v) is 5.34. The van der Waals surface area contributed by atoms with Crippen molar-refractivity contribution >= 4 is 0 Å². The fourth-order valence-corrected chi connectivity index (χ4v) is 2.07. The molecule has 0 fully saturated rings. The minimum atomic E-state index is -4.28. The van der Waals surface area contributed by atoms with E-state index >= 15 is 0 Å². The summed E-state index contributed by atoms with van der Waals surface area (Å²) in [7, 11) is 0. The van der Waals surface area contributed by atoms with Gasteiger partial charge in [0.15, 0.2) is 0 Å². The van der Waals surface area contributed by atoms with E-state index in [-0.39, 0.29) is 6.10 Å². The van der Waals surface area contributed by atoms with E-state index in [1.807, 2.05) is 0 Å². The van der Waals surface area contributed by atoms with Crippen molar-refractivity contribution < 1.29 is 18.3 Å². The predicted molar refractivity (Wildman–Crippen MR) is 54.1 cm³/mol. The normalized spacial score (nSPS) is 21.4. The molecule has 0 radical (unpaired) electrons. The molecule has 1 aromatic carbocycles. The first kappa shape index (κ1) is 11.5. The summed E-state index contributed by atoms with van der Waals surface area (Å²) in [5.41, 5.74) is 1.07. The van der Waals surface area contributed by atoms with Crippen LogP contribution in [0.15, 0.2) is 18.2 Å². The highest BCUT2D eigenvalue weighted by Crippen LogP contribution is 2.32. The van der Waals surface area contributed by atoms with Gasteiger partial charge in [-0.1, -0.05) is 6.07 Å². The van der Waals surface area contributed by atoms with Crippen molar-refractivity contribution in [2.24, 2.45) is 0 Å². The molecule has 88 valence electrons. The van der Waals surface area contributed by atoms with E-state index in [1.165, 1.54) is 12.1 Å². The Morgan fingerprint density at radius 1 is 1.06 bits per heavy atom. The minimum Gasteiger partial charge on any atom is -0.393 e. The van der Waals surface area contributed by atoms with Gasteiger partial charge in [0, 0.05) is 0 Å². The molecule has 0 aliphatic heterocycles. The van der Waals surface area contributed by atoms with Gasteiger partial charge < -0.3 is 5.11 Å². The molecule has 0 saturated heterocycles. The molecule has 0 spiro atoms. The van der Waals surface area contributed by atoms with Crippen molar-refractivity contribution in [2.75, 3.05) is 0 Å². The topological polar surface area (TPSA) is 20.2 Å². The van der Waals surface area contributed by atoms with Crippen LogP contribution in [0.5, 0.6) is 0 Å². The Morgan fingerprint density at radius 3 is 2.31 bits per heavy atom. The van der Waals surface area contributed by atoms with Gasteiger partial charge in [-0.3, -0.25) is 0 Å². The first-order valence-electron chi connectivity index (χ1n) is 5.34. The third-order valence-corrected chi connectivity index (χ3v) is 3.03. The van der Waals surface area contributed by atoms with E-state index < -0.39 is 11.7 Å². The number of rotatable bonds is 0. The third-order valence-electron chi connectivity index (χ3n) is 3.03. The number of aliphatic hydroxyl groups excluding tert-OH is 1. The highest BCUT2D eigenvalue weighted by atomic mass is 19.4. The third kappa shape index (κ3) is 2.38. The molecule has 0 amide bonds. The van der Waals surface area contributed by atoms with Crippen molar-refractivity contribution in [3.63, 3.8) is 0 Å². The lowest BCUT2D eigenvalue weighted by Crippen LogP contribution is -2.06. The Labute approximate surface area is 91.9 Å². The van der Waals surface area contributed by atoms with E-state index in [1.54, 1.807) is 0 Å². The lowest BCUT2D eigenvalue weighted by molar-refractivity contribution is -0.137. The largest absolute Gasteiger partial charge is 0.416 e. The monoisotopic (exact) mass is 230 g/mol. The number of hydrogen-bond acceptors (Lipinski definition) is 1. The number of fused-ring (bicyclic) bond motifs is 1. The van der Waals surface area contributed by atoms with Crippen LogP contribution in [0.25, 0.3) is 0 Å². The number of aliphatic hydroxyl groups is 1. The number of benzene rings is 1. The second-order valence-electron chi connectivity index (χ2n) is 4.21. The Balaban J connectivity index is 2.32. The van der Waals surface area contributed by atoms with Crippen LogP contribution < -0.4 is 0 Å². The molecule has 1 atom stereocenters. The highest BCUT2D eigenvalue weighted by Gasteiger charge is 2.31. The second kappa shape index (κ2) is 4.09. The van der Waals surface area contributed by atoms with Crippen LogP contribution in [0, 0.1) is 0 Å². The Morgan fingerprint density at radius 2 is 1.69 bits per heavy atom. The number of halogens is 3. The van der Waals surface area contributed by atoms with Crippen LogP contribution in [-0.4, -0.2) is 11.2 Å². The summed E-state index contributed by atoms with van der Waals surface area (Å²) in [5.74, 6) is 0. The zero-order chi connectivity index (χ0) is 11.8. The Kier molecular flexibility index (Phi) is 2.93. The van der Waals surface area contributed by atoms with Crippen LogP contribution in [0.2, 0.25) is 0 Å². The van der Waals surface area contributed by atoms with E-state index in [0.29, 0.717) is 25.7 Å². The van der Waals surface area contributed by atoms with Crippen molar-refractivity contribution in [3.8, 4) is 0 Å². The summed E-state index contributed by atoms with van der Waals surface area (Å²) in [5, 5.41) is 9.47. The van der Waals surface area contributed by atoms with Gasteiger partial charge >= 0.3 is 6.18 Å². The summed E-state index contributed by atoms with van der Waals surface area (Å²) < 4.78 is 37.5. The lowest BCUT2D eigenvalue weighted by atomic mass is 10.00. The fraction of sp³-hybridized carbons (Fsp3) is 0.500. The quantitative estimate of drug-likeness (QED) is 0.679. The summed E-state index contributed by atoms with van der Waals surface area (Å²) in [6.07, 6.45) is -2.29. The van der Waals surface area contributed by atoms with Crippen LogP contribution in [0.3, 0.4) is 0 Å². The van der Waals surface area contributed by atoms with Gasteiger partial charge in [0.25, 0.3) is 0 Å². The lowest BCUT2D eigenvalue weighted by Gasteiger charge is -2.11. The predicted octanol–water partition coefficient (Wildman–Crippen LogP) is 2.95. The fourth-order valence-electron chi connectivity index (χ4n) is 2.07. The Hall–Kier alpha value is -1.03. The van der Waals surface area contributed by atoms with Gasteiger partial charge in [-0.2, -0.15) is 13.2 Å². The van der Waals surface area contributed by atoms with Gasteiger partial charge in [0.2, 0.25) is 0 Å². The maximum atomic E-state index is 12.5. The highest BCUT2D eigenvalue weighted by molar-refractivity contribution is 5.34. The number of hydrogen-bond donors (Lipinski definition) is 1. The van der Waals surface area contributed by atoms with Gasteiger partial charge in [0.1, 0.15) is 0 Å². The molecular formula is C12H13F3O. The number of aryl methyl sites for hydroxylation is 2. The average Bonchev–Trinajstić information content (AvgIpc) is 2.39. The molecule has 0 bridgehead atoms. The molecule has 1 N–H and O–H groups in total. The van der Waals surface area contributed by atoms with Crippen molar-refractivity contribution in [1.29, 1.82) is 0 Å². The van der Waals surface area contributed by atoms with Gasteiger partial charge in [-0.15, -0.1) is 0 Å². The molecule has 1 nitrogen and oxygen atoms in total.